The summed E-state index contributed by atoms with van der Waals surface area (Å²) < 4.78 is 81.7. The average molecular weight is 364 g/mol. The zero-order valence-corrected chi connectivity index (χ0v) is 13.0. The van der Waals surface area contributed by atoms with E-state index in [1.807, 2.05) is 0 Å². The van der Waals surface area contributed by atoms with Crippen LogP contribution in [0.25, 0.3) is 0 Å². The largest absolute Gasteiger partial charge is 0.459 e. The molecular weight excluding hydrogens is 346 g/mol. The van der Waals surface area contributed by atoms with Gasteiger partial charge in [0, 0.05) is 11.6 Å². The molecule has 2 atom stereocenters. The first-order valence-corrected chi connectivity index (χ1v) is 6.93. The van der Waals surface area contributed by atoms with Crippen LogP contribution in [0.1, 0.15) is 20.3 Å². The van der Waals surface area contributed by atoms with E-state index in [-0.39, 0.29) is 17.9 Å². The third kappa shape index (κ3) is 9.41. The molecule has 0 radical (unpaired) electrons. The Balaban J connectivity index is 4.78. The van der Waals surface area contributed by atoms with Gasteiger partial charge in [-0.05, 0) is 12.3 Å². The quantitative estimate of drug-likeness (QED) is 0.339. The van der Waals surface area contributed by atoms with E-state index in [0.29, 0.717) is 6.08 Å². The van der Waals surface area contributed by atoms with Gasteiger partial charge in [0.2, 0.25) is 0 Å². The number of esters is 2. The van der Waals surface area contributed by atoms with Gasteiger partial charge in [-0.3, -0.25) is 0 Å². The van der Waals surface area contributed by atoms with Crippen molar-refractivity contribution in [2.24, 2.45) is 5.92 Å². The molecule has 0 spiro atoms. The summed E-state index contributed by atoms with van der Waals surface area (Å²) in [5.74, 6) is -2.69. The van der Waals surface area contributed by atoms with Crippen molar-refractivity contribution in [2.75, 3.05) is 13.2 Å². The first kappa shape index (κ1) is 22.3. The minimum absolute atomic E-state index is 0.0481. The summed E-state index contributed by atoms with van der Waals surface area (Å²) in [4.78, 5) is 23.1. The van der Waals surface area contributed by atoms with Gasteiger partial charge in [-0.1, -0.05) is 13.8 Å². The Morgan fingerprint density at radius 1 is 0.875 bits per heavy atom. The molecule has 0 N–H and O–H groups in total. The number of halogens is 6. The van der Waals surface area contributed by atoms with Gasteiger partial charge in [-0.2, -0.15) is 0 Å². The van der Waals surface area contributed by atoms with Crippen LogP contribution in [0.5, 0.6) is 0 Å². The van der Waals surface area contributed by atoms with Crippen molar-refractivity contribution in [1.82, 2.24) is 0 Å². The summed E-state index contributed by atoms with van der Waals surface area (Å²) >= 11 is 0. The summed E-state index contributed by atoms with van der Waals surface area (Å²) in [5, 5.41) is 0. The number of carbonyl (C=O) groups excluding carboxylic acids is 2. The van der Waals surface area contributed by atoms with Crippen molar-refractivity contribution in [3.8, 4) is 0 Å². The first-order chi connectivity index (χ1) is 11.0. The van der Waals surface area contributed by atoms with Gasteiger partial charge in [0.25, 0.3) is 12.9 Å². The topological polar surface area (TPSA) is 52.6 Å². The molecule has 0 aromatic carbocycles. The first-order valence-electron chi connectivity index (χ1n) is 6.93. The van der Waals surface area contributed by atoms with E-state index in [4.69, 9.17) is 0 Å². The summed E-state index contributed by atoms with van der Waals surface area (Å²) in [6.07, 6.45) is -11.5. The van der Waals surface area contributed by atoms with E-state index in [2.05, 4.69) is 9.47 Å². The lowest BCUT2D eigenvalue weighted by Gasteiger charge is -2.12. The highest BCUT2D eigenvalue weighted by Gasteiger charge is 2.24. The molecule has 0 fully saturated rings. The summed E-state index contributed by atoms with van der Waals surface area (Å²) in [5.41, 5.74) is -0.330. The Morgan fingerprint density at radius 3 is 1.75 bits per heavy atom. The van der Waals surface area contributed by atoms with Gasteiger partial charge in [0.05, 0.1) is 0 Å². The minimum Gasteiger partial charge on any atom is -0.459 e. The molecule has 24 heavy (non-hydrogen) atoms. The molecule has 0 aliphatic carbocycles. The van der Waals surface area contributed by atoms with Crippen molar-refractivity contribution in [3.05, 3.63) is 11.6 Å². The Morgan fingerprint density at radius 2 is 1.33 bits per heavy atom. The zero-order valence-electron chi connectivity index (χ0n) is 13.0. The van der Waals surface area contributed by atoms with Crippen molar-refractivity contribution < 1.29 is 45.4 Å². The maximum atomic E-state index is 12.7. The van der Waals surface area contributed by atoms with E-state index in [1.54, 1.807) is 13.8 Å². The smallest absolute Gasteiger partial charge is 0.334 e. The fourth-order valence-electron chi connectivity index (χ4n) is 1.38. The lowest BCUT2D eigenvalue weighted by atomic mass is 10.0. The number of carbonyl (C=O) groups is 2. The van der Waals surface area contributed by atoms with Crippen LogP contribution in [0, 0.1) is 5.92 Å². The van der Waals surface area contributed by atoms with Crippen LogP contribution >= 0.6 is 0 Å². The molecular formula is C14H18F6O4. The Bertz CT molecular complexity index is 439. The molecule has 4 nitrogen and oxygen atoms in total. The standard InChI is InChI=1S/C14H18F6O4/c1-7(2)3-8(14(22)24-6-10(16)13(19)20)4-11(21)23-5-9(15)12(17)18/h4,7,9-10,12-13H,3,5-6H2,1-2H3. The van der Waals surface area contributed by atoms with Crippen LogP contribution in [0.3, 0.4) is 0 Å². The maximum absolute atomic E-state index is 12.7. The summed E-state index contributed by atoms with van der Waals surface area (Å²) in [6.45, 7) is 0.879. The molecule has 0 bridgehead atoms. The predicted molar refractivity (Wildman–Crippen MR) is 71.3 cm³/mol. The second-order valence-corrected chi connectivity index (χ2v) is 5.20. The Hall–Kier alpha value is -1.74. The third-order valence-corrected chi connectivity index (χ3v) is 2.49. The van der Waals surface area contributed by atoms with Crippen LogP contribution in [-0.2, 0) is 19.1 Å². The fourth-order valence-corrected chi connectivity index (χ4v) is 1.38. The molecule has 0 amide bonds. The van der Waals surface area contributed by atoms with Crippen molar-refractivity contribution in [1.29, 1.82) is 0 Å². The van der Waals surface area contributed by atoms with E-state index < -0.39 is 50.3 Å². The summed E-state index contributed by atoms with van der Waals surface area (Å²) in [7, 11) is 0. The van der Waals surface area contributed by atoms with Crippen molar-refractivity contribution in [3.63, 3.8) is 0 Å². The highest BCUT2D eigenvalue weighted by Crippen LogP contribution is 2.15. The minimum atomic E-state index is -3.34. The Kier molecular flexibility index (Phi) is 10.1. The number of alkyl halides is 6. The molecule has 0 aliphatic rings. The van der Waals surface area contributed by atoms with E-state index in [9.17, 15) is 35.9 Å². The molecule has 0 aliphatic heterocycles. The van der Waals surface area contributed by atoms with Gasteiger partial charge < -0.3 is 9.47 Å². The normalized spacial score (nSPS) is 14.9. The lowest BCUT2D eigenvalue weighted by Crippen LogP contribution is -2.24. The lowest BCUT2D eigenvalue weighted by molar-refractivity contribution is -0.145. The second kappa shape index (κ2) is 10.9. The third-order valence-electron chi connectivity index (χ3n) is 2.49. The second-order valence-electron chi connectivity index (χ2n) is 5.20. The fraction of sp³-hybridized carbons (Fsp3) is 0.714. The van der Waals surface area contributed by atoms with Gasteiger partial charge in [0.1, 0.15) is 13.2 Å². The van der Waals surface area contributed by atoms with Crippen LogP contribution in [0.2, 0.25) is 0 Å². The number of hydrogen-bond acceptors (Lipinski definition) is 4. The van der Waals surface area contributed by atoms with E-state index >= 15 is 0 Å². The molecule has 0 aromatic rings. The van der Waals surface area contributed by atoms with Crippen LogP contribution in [-0.4, -0.2) is 50.3 Å². The molecule has 10 heteroatoms. The van der Waals surface area contributed by atoms with Crippen LogP contribution in [0.15, 0.2) is 11.6 Å². The molecule has 0 heterocycles. The van der Waals surface area contributed by atoms with E-state index in [0.717, 1.165) is 0 Å². The Labute approximate surface area is 134 Å². The van der Waals surface area contributed by atoms with Crippen LogP contribution < -0.4 is 0 Å². The van der Waals surface area contributed by atoms with Gasteiger partial charge in [0.15, 0.2) is 12.3 Å². The van der Waals surface area contributed by atoms with Gasteiger partial charge in [-0.25, -0.2) is 35.9 Å². The van der Waals surface area contributed by atoms with Gasteiger partial charge >= 0.3 is 11.9 Å². The van der Waals surface area contributed by atoms with E-state index in [1.165, 1.54) is 0 Å². The maximum Gasteiger partial charge on any atom is 0.334 e. The number of ether oxygens (including phenoxy) is 2. The van der Waals surface area contributed by atoms with Crippen molar-refractivity contribution >= 4 is 11.9 Å². The highest BCUT2D eigenvalue weighted by atomic mass is 19.3. The summed E-state index contributed by atoms with van der Waals surface area (Å²) in [6, 6.07) is 0. The molecule has 0 rings (SSSR count). The molecule has 2 unspecified atom stereocenters. The monoisotopic (exact) mass is 364 g/mol. The SMILES string of the molecule is CC(C)CC(=CC(=O)OCC(F)C(F)F)C(=O)OCC(F)C(F)F. The zero-order chi connectivity index (χ0) is 18.9. The molecule has 0 saturated carbocycles. The predicted octanol–water partition coefficient (Wildman–Crippen LogP) is 3.25. The highest BCUT2D eigenvalue weighted by molar-refractivity contribution is 5.96. The molecule has 140 valence electrons. The van der Waals surface area contributed by atoms with Crippen molar-refractivity contribution in [2.45, 2.75) is 45.5 Å². The van der Waals surface area contributed by atoms with Crippen LogP contribution in [0.4, 0.5) is 26.3 Å². The number of hydrogen-bond donors (Lipinski definition) is 0. The van der Waals surface area contributed by atoms with Gasteiger partial charge in [-0.15, -0.1) is 0 Å². The molecule has 0 aromatic heterocycles. The number of rotatable bonds is 10. The molecule has 0 saturated heterocycles. The average Bonchev–Trinajstić information content (AvgIpc) is 2.48.